The molecule has 15 heavy (non-hydrogen) atoms. The number of pyridine rings is 1. The average molecular weight is 208 g/mol. The van der Waals surface area contributed by atoms with Crippen LogP contribution in [-0.2, 0) is 10.3 Å². The largest absolute Gasteiger partial charge is 0.462 e. The van der Waals surface area contributed by atoms with Gasteiger partial charge >= 0.3 is 5.97 Å². The van der Waals surface area contributed by atoms with Gasteiger partial charge in [0.15, 0.2) is 17.9 Å². The lowest BCUT2D eigenvalue weighted by atomic mass is 10.1. The van der Waals surface area contributed by atoms with Crippen LogP contribution in [0.1, 0.15) is 38.1 Å². The van der Waals surface area contributed by atoms with Crippen molar-refractivity contribution in [2.75, 3.05) is 6.61 Å². The molecule has 0 saturated heterocycles. The van der Waals surface area contributed by atoms with E-state index in [1.54, 1.807) is 13.0 Å². The monoisotopic (exact) mass is 208 g/mol. The van der Waals surface area contributed by atoms with Crippen LogP contribution in [0.4, 0.5) is 0 Å². The molecule has 1 aromatic rings. The number of esters is 1. The van der Waals surface area contributed by atoms with E-state index in [1.807, 2.05) is 23.0 Å². The SMILES string of the molecule is CCOC(=O)c1ccc[n+](C(C)(C)C)c1. The van der Waals surface area contributed by atoms with E-state index >= 15 is 0 Å². The van der Waals surface area contributed by atoms with Crippen LogP contribution in [0, 0.1) is 0 Å². The predicted molar refractivity (Wildman–Crippen MR) is 57.6 cm³/mol. The molecule has 0 unspecified atom stereocenters. The zero-order valence-electron chi connectivity index (χ0n) is 9.78. The first kappa shape index (κ1) is 11.7. The molecule has 0 bridgehead atoms. The highest BCUT2D eigenvalue weighted by molar-refractivity contribution is 5.88. The standard InChI is InChI=1S/C12H18NO2/c1-5-15-11(14)10-7-6-8-13(9-10)12(2,3)4/h6-9H,5H2,1-4H3/q+1. The van der Waals surface area contributed by atoms with Crippen molar-refractivity contribution in [1.29, 1.82) is 0 Å². The van der Waals surface area contributed by atoms with Gasteiger partial charge in [0.05, 0.1) is 6.61 Å². The molecule has 82 valence electrons. The van der Waals surface area contributed by atoms with Crippen molar-refractivity contribution < 1.29 is 14.1 Å². The van der Waals surface area contributed by atoms with E-state index in [-0.39, 0.29) is 11.5 Å². The minimum Gasteiger partial charge on any atom is -0.462 e. The van der Waals surface area contributed by atoms with Gasteiger partial charge in [0.2, 0.25) is 0 Å². The molecule has 0 N–H and O–H groups in total. The zero-order valence-corrected chi connectivity index (χ0v) is 9.78. The summed E-state index contributed by atoms with van der Waals surface area (Å²) >= 11 is 0. The molecule has 0 aromatic carbocycles. The fraction of sp³-hybridized carbons (Fsp3) is 0.500. The topological polar surface area (TPSA) is 30.2 Å². The maximum Gasteiger partial charge on any atom is 0.344 e. The third-order valence-corrected chi connectivity index (χ3v) is 2.09. The smallest absolute Gasteiger partial charge is 0.344 e. The Morgan fingerprint density at radius 2 is 2.13 bits per heavy atom. The van der Waals surface area contributed by atoms with Gasteiger partial charge in [0, 0.05) is 26.8 Å². The third kappa shape index (κ3) is 3.05. The Bertz CT molecular complexity index is 353. The van der Waals surface area contributed by atoms with Gasteiger partial charge in [0.1, 0.15) is 5.56 Å². The second-order valence-electron chi connectivity index (χ2n) is 4.39. The summed E-state index contributed by atoms with van der Waals surface area (Å²) in [6, 6.07) is 3.62. The molecular formula is C12H18NO2+. The third-order valence-electron chi connectivity index (χ3n) is 2.09. The first-order chi connectivity index (χ1) is 6.95. The molecule has 1 heterocycles. The molecule has 1 aromatic heterocycles. The summed E-state index contributed by atoms with van der Waals surface area (Å²) in [7, 11) is 0. The molecule has 0 aliphatic rings. The van der Waals surface area contributed by atoms with E-state index in [4.69, 9.17) is 4.74 Å². The molecule has 0 radical (unpaired) electrons. The maximum absolute atomic E-state index is 11.5. The van der Waals surface area contributed by atoms with Crippen molar-refractivity contribution in [2.45, 2.75) is 33.2 Å². The fourth-order valence-electron chi connectivity index (χ4n) is 1.23. The summed E-state index contributed by atoms with van der Waals surface area (Å²) in [5, 5.41) is 0. The second kappa shape index (κ2) is 4.43. The van der Waals surface area contributed by atoms with E-state index in [9.17, 15) is 4.79 Å². The van der Waals surface area contributed by atoms with Crippen LogP contribution in [0.2, 0.25) is 0 Å². The number of ether oxygens (including phenoxy) is 1. The Hall–Kier alpha value is -1.38. The quantitative estimate of drug-likeness (QED) is 0.549. The zero-order chi connectivity index (χ0) is 11.5. The number of carbonyl (C=O) groups is 1. The summed E-state index contributed by atoms with van der Waals surface area (Å²) in [5.74, 6) is -0.267. The van der Waals surface area contributed by atoms with Gasteiger partial charge in [-0.05, 0) is 13.0 Å². The fourth-order valence-corrected chi connectivity index (χ4v) is 1.23. The van der Waals surface area contributed by atoms with E-state index in [2.05, 4.69) is 20.8 Å². The van der Waals surface area contributed by atoms with Gasteiger partial charge < -0.3 is 4.74 Å². The molecular weight excluding hydrogens is 190 g/mol. The van der Waals surface area contributed by atoms with E-state index in [1.165, 1.54) is 0 Å². The molecule has 0 aliphatic carbocycles. The lowest BCUT2D eigenvalue weighted by molar-refractivity contribution is -0.754. The van der Waals surface area contributed by atoms with Crippen molar-refractivity contribution in [3.8, 4) is 0 Å². The van der Waals surface area contributed by atoms with E-state index < -0.39 is 0 Å². The number of rotatable bonds is 2. The molecule has 3 nitrogen and oxygen atoms in total. The van der Waals surface area contributed by atoms with Gasteiger partial charge in [0.25, 0.3) is 0 Å². The van der Waals surface area contributed by atoms with Crippen molar-refractivity contribution in [3.63, 3.8) is 0 Å². The molecule has 0 spiro atoms. The Balaban J connectivity index is 2.98. The number of hydrogen-bond acceptors (Lipinski definition) is 2. The Labute approximate surface area is 90.7 Å². The highest BCUT2D eigenvalue weighted by atomic mass is 16.5. The summed E-state index contributed by atoms with van der Waals surface area (Å²) in [6.07, 6.45) is 3.76. The predicted octanol–water partition coefficient (Wildman–Crippen LogP) is 1.91. The number of aromatic nitrogens is 1. The first-order valence-corrected chi connectivity index (χ1v) is 5.14. The average Bonchev–Trinajstić information content (AvgIpc) is 2.17. The molecule has 0 fully saturated rings. The van der Waals surface area contributed by atoms with E-state index in [0.29, 0.717) is 12.2 Å². The summed E-state index contributed by atoms with van der Waals surface area (Å²) in [4.78, 5) is 11.5. The summed E-state index contributed by atoms with van der Waals surface area (Å²) < 4.78 is 6.94. The van der Waals surface area contributed by atoms with Gasteiger partial charge in [-0.25, -0.2) is 4.79 Å². The minimum absolute atomic E-state index is 0.0253. The van der Waals surface area contributed by atoms with Crippen LogP contribution < -0.4 is 4.57 Å². The van der Waals surface area contributed by atoms with Crippen LogP contribution in [0.3, 0.4) is 0 Å². The van der Waals surface area contributed by atoms with E-state index in [0.717, 1.165) is 0 Å². The number of hydrogen-bond donors (Lipinski definition) is 0. The molecule has 0 atom stereocenters. The number of nitrogens with zero attached hydrogens (tertiary/aromatic N) is 1. The Morgan fingerprint density at radius 1 is 1.47 bits per heavy atom. The van der Waals surface area contributed by atoms with Gasteiger partial charge in [-0.15, -0.1) is 0 Å². The highest BCUT2D eigenvalue weighted by Crippen LogP contribution is 2.05. The summed E-state index contributed by atoms with van der Waals surface area (Å²) in [6.45, 7) is 8.47. The lowest BCUT2D eigenvalue weighted by Gasteiger charge is -2.13. The molecule has 1 rings (SSSR count). The first-order valence-electron chi connectivity index (χ1n) is 5.14. The molecule has 3 heteroatoms. The van der Waals surface area contributed by atoms with Gasteiger partial charge in [-0.2, -0.15) is 4.57 Å². The van der Waals surface area contributed by atoms with Gasteiger partial charge in [-0.3, -0.25) is 0 Å². The molecule has 0 amide bonds. The van der Waals surface area contributed by atoms with Crippen molar-refractivity contribution in [1.82, 2.24) is 0 Å². The Kier molecular flexibility index (Phi) is 3.45. The van der Waals surface area contributed by atoms with Crippen molar-refractivity contribution in [3.05, 3.63) is 30.1 Å². The highest BCUT2D eigenvalue weighted by Gasteiger charge is 2.22. The van der Waals surface area contributed by atoms with Crippen molar-refractivity contribution in [2.24, 2.45) is 0 Å². The minimum atomic E-state index is -0.267. The van der Waals surface area contributed by atoms with Crippen molar-refractivity contribution >= 4 is 5.97 Å². The Morgan fingerprint density at radius 3 is 2.67 bits per heavy atom. The van der Waals surface area contributed by atoms with Crippen LogP contribution in [-0.4, -0.2) is 12.6 Å². The molecule has 0 saturated carbocycles. The van der Waals surface area contributed by atoms with Gasteiger partial charge in [-0.1, -0.05) is 0 Å². The summed E-state index contributed by atoms with van der Waals surface area (Å²) in [5.41, 5.74) is 0.567. The van der Waals surface area contributed by atoms with Crippen LogP contribution in [0.25, 0.3) is 0 Å². The lowest BCUT2D eigenvalue weighted by Crippen LogP contribution is -2.50. The maximum atomic E-state index is 11.5. The second-order valence-corrected chi connectivity index (χ2v) is 4.39. The normalized spacial score (nSPS) is 11.2. The van der Waals surface area contributed by atoms with Crippen LogP contribution >= 0.6 is 0 Å². The molecule has 0 aliphatic heterocycles. The number of carbonyl (C=O) groups excluding carboxylic acids is 1. The van der Waals surface area contributed by atoms with Crippen LogP contribution in [0.5, 0.6) is 0 Å². The van der Waals surface area contributed by atoms with Crippen LogP contribution in [0.15, 0.2) is 24.5 Å².